The number of aromatic nitrogens is 3. The number of carbonyl (C=O) groups is 2. The molecule has 2 aliphatic rings. The highest BCUT2D eigenvalue weighted by molar-refractivity contribution is 5.77. The summed E-state index contributed by atoms with van der Waals surface area (Å²) in [6.07, 6.45) is 5.62. The molecule has 156 valence electrons. The van der Waals surface area contributed by atoms with Crippen LogP contribution in [0.4, 0.5) is 5.82 Å². The van der Waals surface area contributed by atoms with Crippen LogP contribution in [0.3, 0.4) is 0 Å². The third-order valence-corrected chi connectivity index (χ3v) is 5.69. The first-order chi connectivity index (χ1) is 14.1. The van der Waals surface area contributed by atoms with Crippen molar-refractivity contribution in [1.82, 2.24) is 30.1 Å². The molecular formula is C20H29N7O2. The van der Waals surface area contributed by atoms with Crippen molar-refractivity contribution in [2.45, 2.75) is 45.1 Å². The summed E-state index contributed by atoms with van der Waals surface area (Å²) in [7, 11) is 0. The first-order valence-corrected chi connectivity index (χ1v) is 10.5. The molecule has 1 fully saturated rings. The van der Waals surface area contributed by atoms with Crippen LogP contribution in [0, 0.1) is 0 Å². The van der Waals surface area contributed by atoms with Gasteiger partial charge in [-0.2, -0.15) is 9.61 Å². The Bertz CT molecular complexity index is 886. The van der Waals surface area contributed by atoms with E-state index in [9.17, 15) is 9.59 Å². The van der Waals surface area contributed by atoms with E-state index in [2.05, 4.69) is 21.0 Å². The Morgan fingerprint density at radius 2 is 2.03 bits per heavy atom. The number of piperidine rings is 1. The van der Waals surface area contributed by atoms with Crippen LogP contribution in [0.15, 0.2) is 12.3 Å². The lowest BCUT2D eigenvalue weighted by Crippen LogP contribution is -2.46. The Balaban J connectivity index is 1.37. The molecule has 2 aromatic heterocycles. The maximum atomic E-state index is 12.6. The molecule has 1 saturated heterocycles. The molecule has 9 nitrogen and oxygen atoms in total. The number of likely N-dealkylation sites (tertiary alicyclic amines) is 1. The molecule has 4 rings (SSSR count). The standard InChI is InChI=1S/C20H29N7O2/c1-14(28)24-15-6-12-26(13-7-15)19(29)5-10-22-20-16-2-8-21-9-3-17(16)25-18-4-11-23-27(18)20/h4,11,15,21-22H,2-3,5-10,12-13H2,1H3,(H,24,28). The molecule has 0 unspecified atom stereocenters. The number of hydrogen-bond donors (Lipinski definition) is 3. The van der Waals surface area contributed by atoms with Crippen molar-refractivity contribution >= 4 is 23.3 Å². The fraction of sp³-hybridized carbons (Fsp3) is 0.600. The van der Waals surface area contributed by atoms with Gasteiger partial charge in [0.15, 0.2) is 5.65 Å². The van der Waals surface area contributed by atoms with Gasteiger partial charge in [-0.25, -0.2) is 4.98 Å². The molecule has 4 heterocycles. The third kappa shape index (κ3) is 4.50. The van der Waals surface area contributed by atoms with Crippen molar-refractivity contribution in [3.05, 3.63) is 23.5 Å². The molecule has 29 heavy (non-hydrogen) atoms. The fourth-order valence-corrected chi connectivity index (χ4v) is 4.23. The minimum absolute atomic E-state index is 0.00408. The first-order valence-electron chi connectivity index (χ1n) is 10.5. The van der Waals surface area contributed by atoms with Crippen molar-refractivity contribution in [2.24, 2.45) is 0 Å². The van der Waals surface area contributed by atoms with E-state index in [1.165, 1.54) is 12.5 Å². The van der Waals surface area contributed by atoms with Gasteiger partial charge in [-0.1, -0.05) is 0 Å². The summed E-state index contributed by atoms with van der Waals surface area (Å²) < 4.78 is 1.84. The summed E-state index contributed by atoms with van der Waals surface area (Å²) in [5.74, 6) is 1.10. The van der Waals surface area contributed by atoms with Crippen LogP contribution in [-0.4, -0.2) is 70.1 Å². The second-order valence-electron chi connectivity index (χ2n) is 7.77. The van der Waals surface area contributed by atoms with Crippen LogP contribution in [0.25, 0.3) is 5.65 Å². The fourth-order valence-electron chi connectivity index (χ4n) is 4.23. The van der Waals surface area contributed by atoms with Crippen LogP contribution in [0.2, 0.25) is 0 Å². The summed E-state index contributed by atoms with van der Waals surface area (Å²) in [5, 5.41) is 14.2. The zero-order chi connectivity index (χ0) is 20.2. The lowest BCUT2D eigenvalue weighted by molar-refractivity contribution is -0.132. The number of hydrogen-bond acceptors (Lipinski definition) is 6. The topological polar surface area (TPSA) is 104 Å². The van der Waals surface area contributed by atoms with Gasteiger partial charge >= 0.3 is 0 Å². The quantitative estimate of drug-likeness (QED) is 0.670. The molecule has 2 aromatic rings. The number of nitrogens with one attached hydrogen (secondary N) is 3. The molecule has 2 amide bonds. The Labute approximate surface area is 170 Å². The van der Waals surface area contributed by atoms with Crippen LogP contribution in [0.5, 0.6) is 0 Å². The summed E-state index contributed by atoms with van der Waals surface area (Å²) in [4.78, 5) is 30.5. The van der Waals surface area contributed by atoms with Gasteiger partial charge in [0.25, 0.3) is 0 Å². The predicted molar refractivity (Wildman–Crippen MR) is 110 cm³/mol. The van der Waals surface area contributed by atoms with Crippen LogP contribution < -0.4 is 16.0 Å². The van der Waals surface area contributed by atoms with E-state index in [1.54, 1.807) is 6.20 Å². The summed E-state index contributed by atoms with van der Waals surface area (Å²) in [5.41, 5.74) is 3.13. The van der Waals surface area contributed by atoms with Crippen LogP contribution in [-0.2, 0) is 22.4 Å². The molecule has 3 N–H and O–H groups in total. The van der Waals surface area contributed by atoms with Crippen LogP contribution in [0.1, 0.15) is 37.4 Å². The average molecular weight is 399 g/mol. The van der Waals surface area contributed by atoms with E-state index in [0.29, 0.717) is 26.1 Å². The maximum Gasteiger partial charge on any atom is 0.224 e. The van der Waals surface area contributed by atoms with Crippen molar-refractivity contribution in [3.8, 4) is 0 Å². The minimum atomic E-state index is -0.00408. The van der Waals surface area contributed by atoms with Crippen molar-refractivity contribution in [2.75, 3.05) is 38.0 Å². The zero-order valence-corrected chi connectivity index (χ0v) is 16.9. The SMILES string of the molecule is CC(=O)NC1CCN(C(=O)CCNc2c3c(nc4ccnn24)CCNCC3)CC1. The number of carbonyl (C=O) groups excluding carboxylic acids is 2. The predicted octanol–water partition coefficient (Wildman–Crippen LogP) is 0.347. The van der Waals surface area contributed by atoms with Crippen LogP contribution >= 0.6 is 0 Å². The molecule has 0 radical (unpaired) electrons. The van der Waals surface area contributed by atoms with E-state index < -0.39 is 0 Å². The molecule has 2 aliphatic heterocycles. The lowest BCUT2D eigenvalue weighted by atomic mass is 10.0. The lowest BCUT2D eigenvalue weighted by Gasteiger charge is -2.32. The van der Waals surface area contributed by atoms with Crippen molar-refractivity contribution in [1.29, 1.82) is 0 Å². The van der Waals surface area contributed by atoms with E-state index >= 15 is 0 Å². The van der Waals surface area contributed by atoms with Gasteiger partial charge in [0.2, 0.25) is 11.8 Å². The summed E-state index contributed by atoms with van der Waals surface area (Å²) >= 11 is 0. The van der Waals surface area contributed by atoms with Crippen molar-refractivity contribution < 1.29 is 9.59 Å². The number of fused-ring (bicyclic) bond motifs is 2. The average Bonchev–Trinajstić information content (AvgIpc) is 3.04. The van der Waals surface area contributed by atoms with Crippen molar-refractivity contribution in [3.63, 3.8) is 0 Å². The van der Waals surface area contributed by atoms with E-state index in [-0.39, 0.29) is 17.9 Å². The molecular weight excluding hydrogens is 370 g/mol. The summed E-state index contributed by atoms with van der Waals surface area (Å²) in [6.45, 7) is 5.33. The normalized spacial score (nSPS) is 17.6. The second-order valence-corrected chi connectivity index (χ2v) is 7.77. The Kier molecular flexibility index (Phi) is 5.94. The van der Waals surface area contributed by atoms with E-state index in [0.717, 1.165) is 55.9 Å². The minimum Gasteiger partial charge on any atom is -0.369 e. The second kappa shape index (κ2) is 8.77. The Morgan fingerprint density at radius 3 is 2.83 bits per heavy atom. The summed E-state index contributed by atoms with van der Waals surface area (Å²) in [6, 6.07) is 2.09. The number of nitrogens with zero attached hydrogens (tertiary/aromatic N) is 4. The third-order valence-electron chi connectivity index (χ3n) is 5.69. The molecule has 0 bridgehead atoms. The zero-order valence-electron chi connectivity index (χ0n) is 16.9. The van der Waals surface area contributed by atoms with E-state index in [4.69, 9.17) is 4.98 Å². The number of rotatable bonds is 5. The van der Waals surface area contributed by atoms with Gasteiger partial charge in [-0.05, 0) is 25.8 Å². The van der Waals surface area contributed by atoms with Gasteiger partial charge in [-0.15, -0.1) is 0 Å². The van der Waals surface area contributed by atoms with Gasteiger partial charge in [0.1, 0.15) is 5.82 Å². The van der Waals surface area contributed by atoms with Gasteiger partial charge in [0.05, 0.1) is 11.9 Å². The van der Waals surface area contributed by atoms with Gasteiger partial charge < -0.3 is 20.9 Å². The molecule has 0 aromatic carbocycles. The van der Waals surface area contributed by atoms with Gasteiger partial charge in [0, 0.05) is 63.6 Å². The number of anilines is 1. The monoisotopic (exact) mass is 399 g/mol. The highest BCUT2D eigenvalue weighted by Crippen LogP contribution is 2.23. The highest BCUT2D eigenvalue weighted by atomic mass is 16.2. The maximum absolute atomic E-state index is 12.6. The first kappa shape index (κ1) is 19.6. The Hall–Kier alpha value is -2.68. The van der Waals surface area contributed by atoms with Gasteiger partial charge in [-0.3, -0.25) is 9.59 Å². The molecule has 9 heteroatoms. The molecule has 0 spiro atoms. The van der Waals surface area contributed by atoms with E-state index in [1.807, 2.05) is 15.5 Å². The Morgan fingerprint density at radius 1 is 1.24 bits per heavy atom. The smallest absolute Gasteiger partial charge is 0.224 e. The molecule has 0 atom stereocenters. The molecule has 0 saturated carbocycles. The number of amides is 2. The molecule has 0 aliphatic carbocycles. The largest absolute Gasteiger partial charge is 0.369 e. The highest BCUT2D eigenvalue weighted by Gasteiger charge is 2.23.